The first kappa shape index (κ1) is 19.7. The summed E-state index contributed by atoms with van der Waals surface area (Å²) < 4.78 is 13.5. The van der Waals surface area contributed by atoms with Crippen LogP contribution in [-0.2, 0) is 4.74 Å². The number of esters is 1. The van der Waals surface area contributed by atoms with E-state index in [1.165, 1.54) is 12.8 Å². The number of carbonyl (C=O) groups is 1. The topological polar surface area (TPSA) is 63.4 Å². The number of pyridine rings is 1. The van der Waals surface area contributed by atoms with Crippen LogP contribution in [0, 0.1) is 0 Å². The predicted octanol–water partition coefficient (Wildman–Crippen LogP) is 3.49. The van der Waals surface area contributed by atoms with Gasteiger partial charge >= 0.3 is 5.97 Å². The summed E-state index contributed by atoms with van der Waals surface area (Å²) in [7, 11) is 0. The number of hydrogen-bond acceptors (Lipinski definition) is 5. The Morgan fingerprint density at radius 1 is 1.17 bits per heavy atom. The molecule has 6 heteroatoms. The van der Waals surface area contributed by atoms with Gasteiger partial charge in [-0.15, -0.1) is 0 Å². The first-order valence-corrected chi connectivity index (χ1v) is 10.4. The molecule has 0 aliphatic carbocycles. The van der Waals surface area contributed by atoms with Gasteiger partial charge in [0.2, 0.25) is 0 Å². The maximum Gasteiger partial charge on any atom is 0.340 e. The van der Waals surface area contributed by atoms with Gasteiger partial charge in [-0.2, -0.15) is 0 Å². The molecule has 3 aromatic rings. The van der Waals surface area contributed by atoms with Crippen LogP contribution < -0.4 is 4.74 Å². The molecule has 0 radical (unpaired) electrons. The standard InChI is InChI=1S/C23H28N2O4/c1-2-28-23(27)22-19-9-8-17(15-21(19)25-13-4-3-7-20(22)25)29-18(10-14-26)16-24-11-5-6-12-24/h3-4,7-9,13,15,18,26H,2,5-6,10-12,14,16H2,1H3. The number of aliphatic hydroxyl groups excluding tert-OH is 1. The van der Waals surface area contributed by atoms with E-state index in [4.69, 9.17) is 9.47 Å². The molecule has 1 atom stereocenters. The quantitative estimate of drug-likeness (QED) is 0.591. The predicted molar refractivity (Wildman–Crippen MR) is 113 cm³/mol. The van der Waals surface area contributed by atoms with E-state index in [9.17, 15) is 9.90 Å². The summed E-state index contributed by atoms with van der Waals surface area (Å²) in [6, 6.07) is 11.6. The van der Waals surface area contributed by atoms with Gasteiger partial charge in [-0.05, 0) is 57.1 Å². The highest BCUT2D eigenvalue weighted by Crippen LogP contribution is 2.31. The summed E-state index contributed by atoms with van der Waals surface area (Å²) in [5.74, 6) is 0.431. The Balaban J connectivity index is 1.68. The molecule has 154 valence electrons. The Hall–Kier alpha value is -2.57. The number of likely N-dealkylation sites (tertiary alicyclic amines) is 1. The molecule has 1 saturated heterocycles. The van der Waals surface area contributed by atoms with Crippen LogP contribution in [0.4, 0.5) is 0 Å². The van der Waals surface area contributed by atoms with E-state index in [0.717, 1.165) is 41.8 Å². The van der Waals surface area contributed by atoms with Crippen molar-refractivity contribution >= 4 is 22.4 Å². The van der Waals surface area contributed by atoms with Crippen molar-refractivity contribution in [3.8, 4) is 5.75 Å². The maximum absolute atomic E-state index is 12.6. The fourth-order valence-electron chi connectivity index (χ4n) is 4.19. The van der Waals surface area contributed by atoms with Crippen molar-refractivity contribution in [3.63, 3.8) is 0 Å². The lowest BCUT2D eigenvalue weighted by molar-refractivity contribution is 0.0531. The third kappa shape index (κ3) is 4.09. The third-order valence-electron chi connectivity index (χ3n) is 5.51. The molecule has 1 aromatic carbocycles. The summed E-state index contributed by atoms with van der Waals surface area (Å²) in [5.41, 5.74) is 2.31. The molecule has 4 rings (SSSR count). The molecule has 0 saturated carbocycles. The number of benzene rings is 1. The molecule has 1 aliphatic rings. The zero-order valence-corrected chi connectivity index (χ0v) is 16.8. The molecule has 0 spiro atoms. The van der Waals surface area contributed by atoms with Crippen molar-refractivity contribution < 1.29 is 19.4 Å². The Labute approximate surface area is 170 Å². The van der Waals surface area contributed by atoms with E-state index in [2.05, 4.69) is 4.90 Å². The van der Waals surface area contributed by atoms with Gasteiger partial charge in [0, 0.05) is 37.2 Å². The Morgan fingerprint density at radius 3 is 2.76 bits per heavy atom. The Bertz CT molecular complexity index is 991. The number of carbonyl (C=O) groups excluding carboxylic acids is 1. The van der Waals surface area contributed by atoms with Gasteiger partial charge in [-0.1, -0.05) is 6.07 Å². The van der Waals surface area contributed by atoms with Crippen LogP contribution in [0.25, 0.3) is 16.4 Å². The van der Waals surface area contributed by atoms with Crippen LogP contribution in [0.1, 0.15) is 36.5 Å². The van der Waals surface area contributed by atoms with Crippen LogP contribution in [-0.4, -0.2) is 59.3 Å². The van der Waals surface area contributed by atoms with Crippen LogP contribution in [0.2, 0.25) is 0 Å². The average molecular weight is 396 g/mol. The second-order valence-corrected chi connectivity index (χ2v) is 7.49. The highest BCUT2D eigenvalue weighted by Gasteiger charge is 2.21. The smallest absolute Gasteiger partial charge is 0.340 e. The number of nitrogens with zero attached hydrogens (tertiary/aromatic N) is 2. The lowest BCUT2D eigenvalue weighted by Crippen LogP contribution is -2.34. The van der Waals surface area contributed by atoms with Crippen molar-refractivity contribution in [2.75, 3.05) is 32.8 Å². The van der Waals surface area contributed by atoms with Crippen LogP contribution >= 0.6 is 0 Å². The molecular formula is C23H28N2O4. The molecule has 0 bridgehead atoms. The lowest BCUT2D eigenvalue weighted by atomic mass is 10.1. The van der Waals surface area contributed by atoms with Crippen molar-refractivity contribution in [2.24, 2.45) is 0 Å². The summed E-state index contributed by atoms with van der Waals surface area (Å²) in [6.45, 7) is 5.26. The molecule has 3 heterocycles. The maximum atomic E-state index is 12.6. The lowest BCUT2D eigenvalue weighted by Gasteiger charge is -2.24. The molecule has 0 amide bonds. The zero-order chi connectivity index (χ0) is 20.2. The van der Waals surface area contributed by atoms with E-state index in [1.807, 2.05) is 53.9 Å². The van der Waals surface area contributed by atoms with Gasteiger partial charge < -0.3 is 19.0 Å². The summed E-state index contributed by atoms with van der Waals surface area (Å²) in [6.07, 6.45) is 4.93. The molecule has 1 unspecified atom stereocenters. The van der Waals surface area contributed by atoms with Gasteiger partial charge in [0.15, 0.2) is 0 Å². The fourth-order valence-corrected chi connectivity index (χ4v) is 4.19. The number of ether oxygens (including phenoxy) is 2. The Morgan fingerprint density at radius 2 is 2.00 bits per heavy atom. The number of hydrogen-bond donors (Lipinski definition) is 1. The summed E-state index contributed by atoms with van der Waals surface area (Å²) in [5, 5.41) is 10.3. The van der Waals surface area contributed by atoms with Crippen molar-refractivity contribution in [2.45, 2.75) is 32.3 Å². The highest BCUT2D eigenvalue weighted by atomic mass is 16.5. The van der Waals surface area contributed by atoms with Gasteiger partial charge in [-0.3, -0.25) is 4.90 Å². The number of rotatable bonds is 8. The van der Waals surface area contributed by atoms with Crippen molar-refractivity contribution in [1.82, 2.24) is 9.30 Å². The molecule has 29 heavy (non-hydrogen) atoms. The van der Waals surface area contributed by atoms with Crippen LogP contribution in [0.15, 0.2) is 42.6 Å². The SMILES string of the molecule is CCOC(=O)c1c2ccc(OC(CCO)CN3CCCC3)cc2n2ccccc12. The Kier molecular flexibility index (Phi) is 6.02. The molecule has 1 fully saturated rings. The second kappa shape index (κ2) is 8.84. The molecule has 2 aromatic heterocycles. The van der Waals surface area contributed by atoms with E-state index >= 15 is 0 Å². The van der Waals surface area contributed by atoms with Crippen molar-refractivity contribution in [1.29, 1.82) is 0 Å². The molecule has 1 aliphatic heterocycles. The molecular weight excluding hydrogens is 368 g/mol. The van der Waals surface area contributed by atoms with Crippen molar-refractivity contribution in [3.05, 3.63) is 48.2 Å². The number of aliphatic hydroxyl groups is 1. The molecule has 6 nitrogen and oxygen atoms in total. The van der Waals surface area contributed by atoms with Gasteiger partial charge in [-0.25, -0.2) is 4.79 Å². The van der Waals surface area contributed by atoms with Gasteiger partial charge in [0.05, 0.1) is 23.2 Å². The zero-order valence-electron chi connectivity index (χ0n) is 16.8. The minimum Gasteiger partial charge on any atom is -0.489 e. The summed E-state index contributed by atoms with van der Waals surface area (Å²) in [4.78, 5) is 15.0. The fraction of sp³-hybridized carbons (Fsp3) is 0.435. The van der Waals surface area contributed by atoms with Gasteiger partial charge in [0.25, 0.3) is 0 Å². The number of fused-ring (bicyclic) bond motifs is 3. The van der Waals surface area contributed by atoms with Gasteiger partial charge in [0.1, 0.15) is 11.9 Å². The van der Waals surface area contributed by atoms with E-state index in [1.54, 1.807) is 0 Å². The minimum absolute atomic E-state index is 0.0636. The first-order chi connectivity index (χ1) is 14.2. The van der Waals surface area contributed by atoms with E-state index < -0.39 is 0 Å². The van der Waals surface area contributed by atoms with E-state index in [-0.39, 0.29) is 18.7 Å². The third-order valence-corrected chi connectivity index (χ3v) is 5.51. The minimum atomic E-state index is -0.313. The number of aromatic nitrogens is 1. The summed E-state index contributed by atoms with van der Waals surface area (Å²) >= 11 is 0. The second-order valence-electron chi connectivity index (χ2n) is 7.49. The largest absolute Gasteiger partial charge is 0.489 e. The molecule has 1 N–H and O–H groups in total. The van der Waals surface area contributed by atoms with Crippen LogP contribution in [0.5, 0.6) is 5.75 Å². The first-order valence-electron chi connectivity index (χ1n) is 10.4. The average Bonchev–Trinajstić information content (AvgIpc) is 3.34. The van der Waals surface area contributed by atoms with E-state index in [0.29, 0.717) is 18.6 Å². The normalized spacial score (nSPS) is 15.8. The van der Waals surface area contributed by atoms with Crippen LogP contribution in [0.3, 0.4) is 0 Å². The monoisotopic (exact) mass is 396 g/mol. The highest BCUT2D eigenvalue weighted by molar-refractivity contribution is 6.11.